The number of aromatic nitrogens is 2. The maximum atomic E-state index is 10.5. The molecule has 0 fully saturated rings. The van der Waals surface area contributed by atoms with E-state index in [1.165, 1.54) is 0 Å². The van der Waals surface area contributed by atoms with Crippen LogP contribution in [0.3, 0.4) is 0 Å². The summed E-state index contributed by atoms with van der Waals surface area (Å²) in [6, 6.07) is -0.530. The van der Waals surface area contributed by atoms with Crippen molar-refractivity contribution in [3.63, 3.8) is 0 Å². The Morgan fingerprint density at radius 1 is 1.82 bits per heavy atom. The summed E-state index contributed by atoms with van der Waals surface area (Å²) < 4.78 is 1.61. The van der Waals surface area contributed by atoms with Crippen molar-refractivity contribution in [3.8, 4) is 0 Å². The van der Waals surface area contributed by atoms with Crippen LogP contribution >= 0.6 is 0 Å². The molecule has 0 saturated carbocycles. The lowest BCUT2D eigenvalue weighted by Crippen LogP contribution is -2.15. The molecule has 11 heavy (non-hydrogen) atoms. The zero-order valence-electron chi connectivity index (χ0n) is 6.48. The number of rotatable bonds is 2. The van der Waals surface area contributed by atoms with Crippen LogP contribution in [0.15, 0.2) is 12.4 Å². The Morgan fingerprint density at radius 3 is 2.82 bits per heavy atom. The molecule has 0 saturated heterocycles. The van der Waals surface area contributed by atoms with Crippen LogP contribution < -0.4 is 0 Å². The van der Waals surface area contributed by atoms with Gasteiger partial charge < -0.3 is 9.67 Å². The van der Waals surface area contributed by atoms with Crippen molar-refractivity contribution in [3.05, 3.63) is 18.2 Å². The van der Waals surface area contributed by atoms with Crippen LogP contribution in [0.1, 0.15) is 18.8 Å². The SMILES string of the molecule is Cc1nccn1[C@H](C)C(=O)O. The molecule has 1 rings (SSSR count). The van der Waals surface area contributed by atoms with Gasteiger partial charge in [0, 0.05) is 12.4 Å². The Kier molecular flexibility index (Phi) is 1.94. The Labute approximate surface area is 64.5 Å². The zero-order valence-corrected chi connectivity index (χ0v) is 6.48. The normalized spacial score (nSPS) is 12.9. The van der Waals surface area contributed by atoms with Crippen LogP contribution in [0.25, 0.3) is 0 Å². The molecule has 0 radical (unpaired) electrons. The molecule has 0 aromatic carbocycles. The highest BCUT2D eigenvalue weighted by Gasteiger charge is 2.13. The van der Waals surface area contributed by atoms with Crippen molar-refractivity contribution in [2.45, 2.75) is 19.9 Å². The van der Waals surface area contributed by atoms with E-state index in [4.69, 9.17) is 5.11 Å². The Morgan fingerprint density at radius 2 is 2.45 bits per heavy atom. The number of aryl methyl sites for hydroxylation is 1. The van der Waals surface area contributed by atoms with Crippen molar-refractivity contribution < 1.29 is 9.90 Å². The molecule has 1 N–H and O–H groups in total. The number of carboxylic acid groups (broad SMARTS) is 1. The van der Waals surface area contributed by atoms with E-state index in [-0.39, 0.29) is 0 Å². The molecule has 0 aliphatic carbocycles. The number of hydrogen-bond donors (Lipinski definition) is 1. The molecule has 4 nitrogen and oxygen atoms in total. The number of aliphatic carboxylic acids is 1. The average molecular weight is 154 g/mol. The lowest BCUT2D eigenvalue weighted by Gasteiger charge is -2.08. The van der Waals surface area contributed by atoms with E-state index in [0.29, 0.717) is 0 Å². The van der Waals surface area contributed by atoms with Crippen LogP contribution in [0, 0.1) is 6.92 Å². The fourth-order valence-electron chi connectivity index (χ4n) is 0.916. The molecule has 0 spiro atoms. The quantitative estimate of drug-likeness (QED) is 0.686. The van der Waals surface area contributed by atoms with Crippen molar-refractivity contribution in [2.24, 2.45) is 0 Å². The van der Waals surface area contributed by atoms with Gasteiger partial charge in [-0.15, -0.1) is 0 Å². The van der Waals surface area contributed by atoms with E-state index >= 15 is 0 Å². The molecule has 1 heterocycles. The van der Waals surface area contributed by atoms with Gasteiger partial charge in [0.15, 0.2) is 0 Å². The largest absolute Gasteiger partial charge is 0.480 e. The summed E-state index contributed by atoms with van der Waals surface area (Å²) in [5.41, 5.74) is 0. The van der Waals surface area contributed by atoms with Gasteiger partial charge in [0.1, 0.15) is 11.9 Å². The first-order valence-corrected chi connectivity index (χ1v) is 3.35. The summed E-state index contributed by atoms with van der Waals surface area (Å²) in [6.07, 6.45) is 3.25. The van der Waals surface area contributed by atoms with Crippen LogP contribution in [0.5, 0.6) is 0 Å². The topological polar surface area (TPSA) is 55.1 Å². The summed E-state index contributed by atoms with van der Waals surface area (Å²) in [5.74, 6) is -0.119. The highest BCUT2D eigenvalue weighted by molar-refractivity contribution is 5.71. The first-order valence-electron chi connectivity index (χ1n) is 3.35. The van der Waals surface area contributed by atoms with Crippen LogP contribution in [0.2, 0.25) is 0 Å². The summed E-state index contributed by atoms with van der Waals surface area (Å²) in [6.45, 7) is 3.40. The second-order valence-electron chi connectivity index (χ2n) is 2.40. The summed E-state index contributed by atoms with van der Waals surface area (Å²) in [4.78, 5) is 14.4. The molecular weight excluding hydrogens is 144 g/mol. The molecule has 60 valence electrons. The van der Waals surface area contributed by atoms with E-state index in [1.807, 2.05) is 0 Å². The van der Waals surface area contributed by atoms with Crippen molar-refractivity contribution >= 4 is 5.97 Å². The number of nitrogens with zero attached hydrogens (tertiary/aromatic N) is 2. The molecule has 0 aliphatic rings. The number of carbonyl (C=O) groups is 1. The molecule has 0 aliphatic heterocycles. The average Bonchev–Trinajstić information content (AvgIpc) is 2.33. The first-order chi connectivity index (χ1) is 5.13. The maximum Gasteiger partial charge on any atom is 0.326 e. The smallest absolute Gasteiger partial charge is 0.326 e. The minimum absolute atomic E-state index is 0.530. The van der Waals surface area contributed by atoms with E-state index in [1.54, 1.807) is 30.8 Å². The highest BCUT2D eigenvalue weighted by Crippen LogP contribution is 2.07. The van der Waals surface area contributed by atoms with Gasteiger partial charge in [-0.05, 0) is 13.8 Å². The van der Waals surface area contributed by atoms with Crippen LogP contribution in [0.4, 0.5) is 0 Å². The van der Waals surface area contributed by atoms with E-state index in [9.17, 15) is 4.79 Å². The standard InChI is InChI=1S/C7H10N2O2/c1-5(7(10)11)9-4-3-8-6(9)2/h3-5H,1-2H3,(H,10,11)/t5-/m1/s1. The lowest BCUT2D eigenvalue weighted by atomic mass is 10.3. The van der Waals surface area contributed by atoms with Crippen molar-refractivity contribution in [2.75, 3.05) is 0 Å². The molecule has 1 aromatic heterocycles. The monoisotopic (exact) mass is 154 g/mol. The first kappa shape index (κ1) is 7.78. The number of carboxylic acids is 1. The third-order valence-corrected chi connectivity index (χ3v) is 1.64. The molecule has 1 atom stereocenters. The van der Waals surface area contributed by atoms with Gasteiger partial charge in [-0.1, -0.05) is 0 Å². The molecule has 0 unspecified atom stereocenters. The van der Waals surface area contributed by atoms with Gasteiger partial charge >= 0.3 is 5.97 Å². The Bertz CT molecular complexity index is 267. The van der Waals surface area contributed by atoms with Gasteiger partial charge in [0.2, 0.25) is 0 Å². The molecule has 0 bridgehead atoms. The van der Waals surface area contributed by atoms with E-state index in [0.717, 1.165) is 5.82 Å². The third kappa shape index (κ3) is 1.39. The van der Waals surface area contributed by atoms with Gasteiger partial charge in [0.25, 0.3) is 0 Å². The minimum Gasteiger partial charge on any atom is -0.480 e. The highest BCUT2D eigenvalue weighted by atomic mass is 16.4. The van der Waals surface area contributed by atoms with Gasteiger partial charge in [-0.2, -0.15) is 0 Å². The Balaban J connectivity index is 2.92. The summed E-state index contributed by atoms with van der Waals surface area (Å²) in [5, 5.41) is 8.63. The second kappa shape index (κ2) is 2.74. The van der Waals surface area contributed by atoms with Gasteiger partial charge in [0.05, 0.1) is 0 Å². The molecule has 0 amide bonds. The summed E-state index contributed by atoms with van der Waals surface area (Å²) >= 11 is 0. The van der Waals surface area contributed by atoms with Crippen LogP contribution in [-0.2, 0) is 4.79 Å². The van der Waals surface area contributed by atoms with Gasteiger partial charge in [-0.3, -0.25) is 0 Å². The zero-order chi connectivity index (χ0) is 8.43. The van der Waals surface area contributed by atoms with Crippen LogP contribution in [-0.4, -0.2) is 20.6 Å². The number of imidazole rings is 1. The maximum absolute atomic E-state index is 10.5. The molecule has 1 aromatic rings. The summed E-state index contributed by atoms with van der Waals surface area (Å²) in [7, 11) is 0. The van der Waals surface area contributed by atoms with E-state index in [2.05, 4.69) is 4.98 Å². The van der Waals surface area contributed by atoms with Crippen molar-refractivity contribution in [1.82, 2.24) is 9.55 Å². The number of hydrogen-bond acceptors (Lipinski definition) is 2. The predicted octanol–water partition coefficient (Wildman–Crippen LogP) is 0.837. The molecule has 4 heteroatoms. The second-order valence-corrected chi connectivity index (χ2v) is 2.40. The minimum atomic E-state index is -0.842. The van der Waals surface area contributed by atoms with Crippen molar-refractivity contribution in [1.29, 1.82) is 0 Å². The molecular formula is C7H10N2O2. The fraction of sp³-hybridized carbons (Fsp3) is 0.429. The van der Waals surface area contributed by atoms with E-state index < -0.39 is 12.0 Å². The predicted molar refractivity (Wildman–Crippen MR) is 39.3 cm³/mol. The van der Waals surface area contributed by atoms with Gasteiger partial charge in [-0.25, -0.2) is 9.78 Å². The lowest BCUT2D eigenvalue weighted by molar-refractivity contribution is -0.140. The fourth-order valence-corrected chi connectivity index (χ4v) is 0.916. The third-order valence-electron chi connectivity index (χ3n) is 1.64. The Hall–Kier alpha value is -1.32.